The lowest BCUT2D eigenvalue weighted by atomic mass is 10.0. The standard InChI is InChI=1S/C30H38N4O10/c1-7-39-29(35)33(3)11-9-19-13-23-27(43-17-41-23)25(37-5)21(19)15-31-32-16-22-20(10-12-34(4)30(36)40-8-2)14-24-28(26(22)38-6)44-18-42-24/h13-16H,7-12,17-18H2,1-6H3/b31-15-,32-16-. The van der Waals surface area contributed by atoms with Crippen molar-refractivity contribution in [3.05, 3.63) is 34.4 Å². The first kappa shape index (κ1) is 32.0. The maximum absolute atomic E-state index is 12.1. The van der Waals surface area contributed by atoms with Crippen LogP contribution in [0.25, 0.3) is 0 Å². The van der Waals surface area contributed by atoms with E-state index in [4.69, 9.17) is 37.9 Å². The van der Waals surface area contributed by atoms with Gasteiger partial charge in [0.2, 0.25) is 25.1 Å². The highest BCUT2D eigenvalue weighted by atomic mass is 16.7. The van der Waals surface area contributed by atoms with E-state index >= 15 is 0 Å². The Morgan fingerprint density at radius 1 is 0.750 bits per heavy atom. The van der Waals surface area contributed by atoms with E-state index in [0.717, 1.165) is 11.1 Å². The highest BCUT2D eigenvalue weighted by Crippen LogP contribution is 2.46. The van der Waals surface area contributed by atoms with Gasteiger partial charge in [-0.15, -0.1) is 0 Å². The van der Waals surface area contributed by atoms with Crippen molar-refractivity contribution in [3.8, 4) is 34.5 Å². The van der Waals surface area contributed by atoms with Gasteiger partial charge < -0.3 is 47.7 Å². The summed E-state index contributed by atoms with van der Waals surface area (Å²) in [5, 5.41) is 8.66. The van der Waals surface area contributed by atoms with E-state index < -0.39 is 12.2 Å². The zero-order chi connectivity index (χ0) is 31.6. The Morgan fingerprint density at radius 2 is 1.16 bits per heavy atom. The lowest BCUT2D eigenvalue weighted by molar-refractivity contribution is 0.116. The second-order valence-electron chi connectivity index (χ2n) is 9.66. The highest BCUT2D eigenvalue weighted by molar-refractivity contribution is 5.91. The fraction of sp³-hybridized carbons (Fsp3) is 0.467. The fourth-order valence-corrected chi connectivity index (χ4v) is 4.67. The van der Waals surface area contributed by atoms with E-state index in [-0.39, 0.29) is 26.8 Å². The lowest BCUT2D eigenvalue weighted by Gasteiger charge is -2.18. The Bertz CT molecular complexity index is 1310. The minimum atomic E-state index is -0.415. The predicted molar refractivity (Wildman–Crippen MR) is 160 cm³/mol. The quantitative estimate of drug-likeness (QED) is 0.241. The van der Waals surface area contributed by atoms with Crippen LogP contribution in [0, 0.1) is 0 Å². The number of amides is 2. The third-order valence-electron chi connectivity index (χ3n) is 6.93. The van der Waals surface area contributed by atoms with Crippen LogP contribution in [0.5, 0.6) is 34.5 Å². The van der Waals surface area contributed by atoms with E-state index in [1.54, 1.807) is 40.4 Å². The van der Waals surface area contributed by atoms with Gasteiger partial charge in [-0.2, -0.15) is 10.2 Å². The van der Waals surface area contributed by atoms with Gasteiger partial charge in [0.15, 0.2) is 23.0 Å². The number of ether oxygens (including phenoxy) is 8. The van der Waals surface area contributed by atoms with Crippen molar-refractivity contribution < 1.29 is 47.5 Å². The van der Waals surface area contributed by atoms with Crippen LogP contribution in [0.2, 0.25) is 0 Å². The smallest absolute Gasteiger partial charge is 0.409 e. The average molecular weight is 615 g/mol. The molecule has 2 aliphatic rings. The Labute approximate surface area is 256 Å². The summed E-state index contributed by atoms with van der Waals surface area (Å²) in [5.41, 5.74) is 2.87. The molecule has 14 nitrogen and oxygen atoms in total. The maximum Gasteiger partial charge on any atom is 0.409 e. The zero-order valence-electron chi connectivity index (χ0n) is 25.8. The van der Waals surface area contributed by atoms with Gasteiger partial charge in [-0.3, -0.25) is 0 Å². The molecule has 0 aromatic heterocycles. The molecule has 0 atom stereocenters. The summed E-state index contributed by atoms with van der Waals surface area (Å²) < 4.78 is 44.1. The number of fused-ring (bicyclic) bond motifs is 2. The molecule has 0 N–H and O–H groups in total. The highest BCUT2D eigenvalue weighted by Gasteiger charge is 2.26. The molecule has 0 saturated heterocycles. The molecular formula is C30H38N4O10. The van der Waals surface area contributed by atoms with E-state index in [1.165, 1.54) is 24.0 Å². The first-order valence-corrected chi connectivity index (χ1v) is 14.1. The number of likely N-dealkylation sites (N-methyl/N-ethyl adjacent to an activating group) is 2. The molecule has 0 bridgehead atoms. The largest absolute Gasteiger partial charge is 0.492 e. The van der Waals surface area contributed by atoms with E-state index in [1.807, 2.05) is 12.1 Å². The number of nitrogens with zero attached hydrogens (tertiary/aromatic N) is 4. The zero-order valence-corrected chi connectivity index (χ0v) is 25.8. The van der Waals surface area contributed by atoms with Gasteiger partial charge in [-0.25, -0.2) is 9.59 Å². The molecule has 0 radical (unpaired) electrons. The van der Waals surface area contributed by atoms with Gasteiger partial charge in [0.1, 0.15) is 0 Å². The number of carbonyl (C=O) groups excluding carboxylic acids is 2. The summed E-state index contributed by atoms with van der Waals surface area (Å²) >= 11 is 0. The normalized spacial score (nSPS) is 13.0. The van der Waals surface area contributed by atoms with Gasteiger partial charge in [0.25, 0.3) is 0 Å². The minimum absolute atomic E-state index is 0.0602. The summed E-state index contributed by atoms with van der Waals surface area (Å²) in [6.45, 7) is 4.97. The Balaban J connectivity index is 1.63. The van der Waals surface area contributed by atoms with E-state index in [0.29, 0.717) is 71.6 Å². The van der Waals surface area contributed by atoms with Crippen LogP contribution in [-0.2, 0) is 22.3 Å². The molecule has 44 heavy (non-hydrogen) atoms. The number of hydrogen-bond donors (Lipinski definition) is 0. The summed E-state index contributed by atoms with van der Waals surface area (Å²) in [5.74, 6) is 2.89. The van der Waals surface area contributed by atoms with Crippen LogP contribution in [0.1, 0.15) is 36.1 Å². The Morgan fingerprint density at radius 3 is 1.52 bits per heavy atom. The molecule has 2 aromatic carbocycles. The Hall–Kier alpha value is -4.88. The van der Waals surface area contributed by atoms with Crippen LogP contribution >= 0.6 is 0 Å². The van der Waals surface area contributed by atoms with Crippen LogP contribution in [0.3, 0.4) is 0 Å². The van der Waals surface area contributed by atoms with Crippen molar-refractivity contribution in [1.82, 2.24) is 9.80 Å². The molecule has 2 heterocycles. The van der Waals surface area contributed by atoms with Gasteiger partial charge in [0, 0.05) is 38.3 Å². The van der Waals surface area contributed by atoms with Crippen LogP contribution in [0.4, 0.5) is 9.59 Å². The summed E-state index contributed by atoms with van der Waals surface area (Å²) in [6.07, 6.45) is 3.21. The molecule has 2 aromatic rings. The molecule has 0 unspecified atom stereocenters. The maximum atomic E-state index is 12.1. The summed E-state index contributed by atoms with van der Waals surface area (Å²) in [6, 6.07) is 3.68. The molecule has 4 rings (SSSR count). The first-order chi connectivity index (χ1) is 21.3. The monoisotopic (exact) mass is 614 g/mol. The van der Waals surface area contributed by atoms with Crippen molar-refractivity contribution in [3.63, 3.8) is 0 Å². The van der Waals surface area contributed by atoms with Gasteiger partial charge in [-0.05, 0) is 49.9 Å². The molecule has 238 valence electrons. The fourth-order valence-electron chi connectivity index (χ4n) is 4.67. The van der Waals surface area contributed by atoms with Crippen molar-refractivity contribution in [1.29, 1.82) is 0 Å². The van der Waals surface area contributed by atoms with Crippen molar-refractivity contribution in [2.45, 2.75) is 26.7 Å². The molecule has 2 aliphatic heterocycles. The second-order valence-corrected chi connectivity index (χ2v) is 9.66. The van der Waals surface area contributed by atoms with Crippen LogP contribution in [-0.4, -0.2) is 103 Å². The van der Waals surface area contributed by atoms with Crippen molar-refractivity contribution >= 4 is 24.6 Å². The van der Waals surface area contributed by atoms with Gasteiger partial charge in [-0.1, -0.05) is 0 Å². The minimum Gasteiger partial charge on any atom is -0.492 e. The number of carbonyl (C=O) groups is 2. The molecule has 0 spiro atoms. The van der Waals surface area contributed by atoms with Crippen LogP contribution in [0.15, 0.2) is 22.3 Å². The number of rotatable bonds is 13. The lowest BCUT2D eigenvalue weighted by Crippen LogP contribution is -2.29. The second kappa shape index (κ2) is 15.0. The first-order valence-electron chi connectivity index (χ1n) is 14.1. The van der Waals surface area contributed by atoms with Crippen LogP contribution < -0.4 is 28.4 Å². The number of methoxy groups -OCH3 is 2. The average Bonchev–Trinajstić information content (AvgIpc) is 3.69. The predicted octanol–water partition coefficient (Wildman–Crippen LogP) is 3.88. The summed E-state index contributed by atoms with van der Waals surface area (Å²) in [4.78, 5) is 27.3. The van der Waals surface area contributed by atoms with Gasteiger partial charge in [0.05, 0.1) is 39.9 Å². The van der Waals surface area contributed by atoms with E-state index in [9.17, 15) is 9.59 Å². The molecule has 0 aliphatic carbocycles. The molecule has 0 fully saturated rings. The van der Waals surface area contributed by atoms with Crippen molar-refractivity contribution in [2.24, 2.45) is 10.2 Å². The number of hydrogen-bond acceptors (Lipinski definition) is 12. The molecule has 14 heteroatoms. The topological polar surface area (TPSA) is 139 Å². The van der Waals surface area contributed by atoms with Crippen molar-refractivity contribution in [2.75, 3.05) is 68.2 Å². The summed E-state index contributed by atoms with van der Waals surface area (Å²) in [7, 11) is 6.40. The third kappa shape index (κ3) is 7.18. The molecule has 2 amide bonds. The van der Waals surface area contributed by atoms with E-state index in [2.05, 4.69) is 10.2 Å². The molecular weight excluding hydrogens is 576 g/mol. The Kier molecular flexibility index (Phi) is 10.9. The SMILES string of the molecule is CCOC(=O)N(C)CCc1cc2c(c(OC)c1/C=N\N=C/c1c(CCN(C)C(=O)OCC)cc3c(c1OC)OCO3)OCO2. The molecule has 0 saturated carbocycles. The van der Waals surface area contributed by atoms with Gasteiger partial charge >= 0.3 is 12.2 Å². The number of benzene rings is 2. The third-order valence-corrected chi connectivity index (χ3v) is 6.93.